The molecule has 0 saturated heterocycles. The number of anilines is 2. The lowest BCUT2D eigenvalue weighted by atomic mass is 10.2. The standard InChI is InChI=1S/C20H18N4O4/c1-13(25)21-18-12-17(23-24(18)16-6-4-3-5-7-16)19(26)22-15-10-8-14(9-11-15)20(27)28-2/h3-12H,1-2H3,(H,21,25)(H,22,26). The Kier molecular flexibility index (Phi) is 5.50. The van der Waals surface area contributed by atoms with Crippen LogP contribution in [-0.4, -0.2) is 34.7 Å². The topological polar surface area (TPSA) is 102 Å². The lowest BCUT2D eigenvalue weighted by Crippen LogP contribution is -2.13. The molecule has 0 aliphatic heterocycles. The fraction of sp³-hybridized carbons (Fsp3) is 0.100. The van der Waals surface area contributed by atoms with Crippen LogP contribution in [0.3, 0.4) is 0 Å². The quantitative estimate of drug-likeness (QED) is 0.665. The van der Waals surface area contributed by atoms with Gasteiger partial charge in [-0.15, -0.1) is 0 Å². The van der Waals surface area contributed by atoms with Gasteiger partial charge in [0.15, 0.2) is 5.69 Å². The number of aromatic nitrogens is 2. The number of amides is 2. The van der Waals surface area contributed by atoms with Crippen molar-refractivity contribution in [2.45, 2.75) is 6.92 Å². The number of carbonyl (C=O) groups is 3. The Hall–Kier alpha value is -3.94. The van der Waals surface area contributed by atoms with E-state index in [1.165, 1.54) is 24.8 Å². The lowest BCUT2D eigenvalue weighted by molar-refractivity contribution is -0.114. The summed E-state index contributed by atoms with van der Waals surface area (Å²) in [6, 6.07) is 16.9. The molecule has 8 nitrogen and oxygen atoms in total. The van der Waals surface area contributed by atoms with Crippen molar-refractivity contribution < 1.29 is 19.1 Å². The van der Waals surface area contributed by atoms with E-state index in [-0.39, 0.29) is 11.6 Å². The summed E-state index contributed by atoms with van der Waals surface area (Å²) < 4.78 is 6.13. The number of benzene rings is 2. The third kappa shape index (κ3) is 4.24. The van der Waals surface area contributed by atoms with Crippen molar-refractivity contribution in [1.29, 1.82) is 0 Å². The van der Waals surface area contributed by atoms with Gasteiger partial charge >= 0.3 is 5.97 Å². The predicted molar refractivity (Wildman–Crippen MR) is 104 cm³/mol. The summed E-state index contributed by atoms with van der Waals surface area (Å²) in [7, 11) is 1.30. The molecule has 0 aliphatic carbocycles. The van der Waals surface area contributed by atoms with Crippen molar-refractivity contribution >= 4 is 29.3 Å². The molecular weight excluding hydrogens is 360 g/mol. The van der Waals surface area contributed by atoms with Gasteiger partial charge in [0.1, 0.15) is 5.82 Å². The number of nitrogens with zero attached hydrogens (tertiary/aromatic N) is 2. The van der Waals surface area contributed by atoms with Crippen LogP contribution in [0.2, 0.25) is 0 Å². The van der Waals surface area contributed by atoms with Crippen LogP contribution in [0.4, 0.5) is 11.5 Å². The molecule has 0 radical (unpaired) electrons. The second-order valence-corrected chi connectivity index (χ2v) is 5.87. The van der Waals surface area contributed by atoms with E-state index in [0.717, 1.165) is 0 Å². The molecular formula is C20H18N4O4. The molecule has 3 aromatic rings. The van der Waals surface area contributed by atoms with Crippen molar-refractivity contribution in [2.75, 3.05) is 17.7 Å². The van der Waals surface area contributed by atoms with Crippen molar-refractivity contribution in [3.63, 3.8) is 0 Å². The normalized spacial score (nSPS) is 10.2. The van der Waals surface area contributed by atoms with Crippen LogP contribution < -0.4 is 10.6 Å². The summed E-state index contributed by atoms with van der Waals surface area (Å²) in [4.78, 5) is 35.5. The van der Waals surface area contributed by atoms with Gasteiger partial charge in [-0.25, -0.2) is 9.48 Å². The summed E-state index contributed by atoms with van der Waals surface area (Å²) >= 11 is 0. The van der Waals surface area contributed by atoms with E-state index in [1.54, 1.807) is 24.3 Å². The molecule has 142 valence electrons. The van der Waals surface area contributed by atoms with Crippen LogP contribution >= 0.6 is 0 Å². The average Bonchev–Trinajstić information content (AvgIpc) is 3.12. The van der Waals surface area contributed by atoms with Gasteiger partial charge in [-0.1, -0.05) is 18.2 Å². The van der Waals surface area contributed by atoms with Crippen LogP contribution in [0.1, 0.15) is 27.8 Å². The molecule has 1 aromatic heterocycles. The minimum absolute atomic E-state index is 0.129. The van der Waals surface area contributed by atoms with Gasteiger partial charge in [0, 0.05) is 18.7 Å². The second-order valence-electron chi connectivity index (χ2n) is 5.87. The van der Waals surface area contributed by atoms with E-state index >= 15 is 0 Å². The number of hydrogen-bond acceptors (Lipinski definition) is 5. The first-order valence-electron chi connectivity index (χ1n) is 8.40. The maximum Gasteiger partial charge on any atom is 0.337 e. The summed E-state index contributed by atoms with van der Waals surface area (Å²) in [5.74, 6) is -0.807. The number of nitrogens with one attached hydrogen (secondary N) is 2. The van der Waals surface area contributed by atoms with Crippen LogP contribution in [0.25, 0.3) is 5.69 Å². The molecule has 0 atom stereocenters. The molecule has 1 heterocycles. The molecule has 2 N–H and O–H groups in total. The minimum atomic E-state index is -0.459. The first-order valence-corrected chi connectivity index (χ1v) is 8.40. The number of methoxy groups -OCH3 is 1. The van der Waals surface area contributed by atoms with E-state index in [2.05, 4.69) is 20.5 Å². The Bertz CT molecular complexity index is 1010. The third-order valence-electron chi connectivity index (χ3n) is 3.81. The first kappa shape index (κ1) is 18.8. The van der Waals surface area contributed by atoms with Crippen LogP contribution in [-0.2, 0) is 9.53 Å². The maximum absolute atomic E-state index is 12.6. The smallest absolute Gasteiger partial charge is 0.337 e. The zero-order valence-electron chi connectivity index (χ0n) is 15.3. The van der Waals surface area contributed by atoms with Gasteiger partial charge in [0.2, 0.25) is 5.91 Å². The number of rotatable bonds is 5. The van der Waals surface area contributed by atoms with E-state index in [4.69, 9.17) is 0 Å². The Morgan fingerprint density at radius 1 is 0.964 bits per heavy atom. The highest BCUT2D eigenvalue weighted by atomic mass is 16.5. The van der Waals surface area contributed by atoms with Gasteiger partial charge in [0.05, 0.1) is 18.4 Å². The van der Waals surface area contributed by atoms with Gasteiger partial charge in [-0.05, 0) is 36.4 Å². The predicted octanol–water partition coefficient (Wildman–Crippen LogP) is 2.87. The molecule has 2 amide bonds. The molecule has 3 rings (SSSR count). The first-order chi connectivity index (χ1) is 13.5. The summed E-state index contributed by atoms with van der Waals surface area (Å²) in [5, 5.41) is 9.68. The maximum atomic E-state index is 12.6. The summed E-state index contributed by atoms with van der Waals surface area (Å²) in [5.41, 5.74) is 1.70. The van der Waals surface area contributed by atoms with Gasteiger partial charge in [-0.3, -0.25) is 9.59 Å². The van der Waals surface area contributed by atoms with Crippen molar-refractivity contribution in [3.05, 3.63) is 71.9 Å². The minimum Gasteiger partial charge on any atom is -0.465 e. The van der Waals surface area contributed by atoms with E-state index < -0.39 is 11.9 Å². The van der Waals surface area contributed by atoms with Gasteiger partial charge < -0.3 is 15.4 Å². The van der Waals surface area contributed by atoms with Gasteiger partial charge in [0.25, 0.3) is 5.91 Å². The zero-order chi connectivity index (χ0) is 20.1. The molecule has 0 bridgehead atoms. The van der Waals surface area contributed by atoms with E-state index in [1.807, 2.05) is 30.3 Å². The van der Waals surface area contributed by atoms with E-state index in [0.29, 0.717) is 22.8 Å². The number of para-hydroxylation sites is 1. The van der Waals surface area contributed by atoms with Gasteiger partial charge in [-0.2, -0.15) is 5.10 Å². The zero-order valence-corrected chi connectivity index (χ0v) is 15.3. The lowest BCUT2D eigenvalue weighted by Gasteiger charge is -2.06. The number of esters is 1. The Morgan fingerprint density at radius 3 is 2.25 bits per heavy atom. The van der Waals surface area contributed by atoms with E-state index in [9.17, 15) is 14.4 Å². The summed E-state index contributed by atoms with van der Waals surface area (Å²) in [6.45, 7) is 1.38. The fourth-order valence-corrected chi connectivity index (χ4v) is 2.53. The highest BCUT2D eigenvalue weighted by molar-refractivity contribution is 6.04. The second kappa shape index (κ2) is 8.17. The molecule has 2 aromatic carbocycles. The van der Waals surface area contributed by atoms with Crippen molar-refractivity contribution in [3.8, 4) is 5.69 Å². The monoisotopic (exact) mass is 378 g/mol. The number of ether oxygens (including phenoxy) is 1. The fourth-order valence-electron chi connectivity index (χ4n) is 2.53. The van der Waals surface area contributed by atoms with Crippen molar-refractivity contribution in [2.24, 2.45) is 0 Å². The van der Waals surface area contributed by atoms with Crippen LogP contribution in [0.5, 0.6) is 0 Å². The highest BCUT2D eigenvalue weighted by Crippen LogP contribution is 2.19. The van der Waals surface area contributed by atoms with Crippen LogP contribution in [0.15, 0.2) is 60.7 Å². The average molecular weight is 378 g/mol. The molecule has 0 spiro atoms. The third-order valence-corrected chi connectivity index (χ3v) is 3.81. The molecule has 28 heavy (non-hydrogen) atoms. The Morgan fingerprint density at radius 2 is 1.64 bits per heavy atom. The Balaban J connectivity index is 1.84. The summed E-state index contributed by atoms with van der Waals surface area (Å²) in [6.07, 6.45) is 0. The molecule has 0 saturated carbocycles. The van der Waals surface area contributed by atoms with Crippen LogP contribution in [0, 0.1) is 0 Å². The number of hydrogen-bond donors (Lipinski definition) is 2. The molecule has 0 aliphatic rings. The largest absolute Gasteiger partial charge is 0.465 e. The molecule has 8 heteroatoms. The molecule has 0 unspecified atom stereocenters. The number of carbonyl (C=O) groups excluding carboxylic acids is 3. The Labute approximate surface area is 161 Å². The highest BCUT2D eigenvalue weighted by Gasteiger charge is 2.17. The molecule has 0 fully saturated rings. The van der Waals surface area contributed by atoms with Crippen molar-refractivity contribution in [1.82, 2.24) is 9.78 Å². The SMILES string of the molecule is COC(=O)c1ccc(NC(=O)c2cc(NC(C)=O)n(-c3ccccc3)n2)cc1.